The second-order valence-electron chi connectivity index (χ2n) is 4.25. The van der Waals surface area contributed by atoms with Crippen molar-refractivity contribution in [3.05, 3.63) is 51.5 Å². The number of aromatic hydroxyl groups is 1. The molecule has 0 aliphatic carbocycles. The van der Waals surface area contributed by atoms with Gasteiger partial charge in [-0.05, 0) is 18.2 Å². The minimum Gasteiger partial charge on any atom is -0.508 e. The molecule has 0 saturated heterocycles. The third kappa shape index (κ3) is 4.88. The predicted octanol–water partition coefficient (Wildman–Crippen LogP) is 5.20. The van der Waals surface area contributed by atoms with E-state index in [9.17, 15) is 5.11 Å². The van der Waals surface area contributed by atoms with Crippen molar-refractivity contribution in [3.8, 4) is 17.2 Å². The monoisotopic (exact) mass is 346 g/mol. The van der Waals surface area contributed by atoms with E-state index >= 15 is 0 Å². The van der Waals surface area contributed by atoms with Crippen LogP contribution in [0.3, 0.4) is 0 Å². The van der Waals surface area contributed by atoms with E-state index in [-0.39, 0.29) is 15.8 Å². The highest BCUT2D eigenvalue weighted by Gasteiger charge is 2.09. The molecule has 6 heteroatoms. The summed E-state index contributed by atoms with van der Waals surface area (Å²) in [6.07, 6.45) is 0.653. The Morgan fingerprint density at radius 2 is 1.57 bits per heavy atom. The van der Waals surface area contributed by atoms with Gasteiger partial charge >= 0.3 is 0 Å². The average molecular weight is 348 g/mol. The molecule has 0 saturated carbocycles. The molecule has 0 fully saturated rings. The molecule has 2 rings (SSSR count). The smallest absolute Gasteiger partial charge is 0.156 e. The van der Waals surface area contributed by atoms with Crippen LogP contribution in [-0.2, 0) is 0 Å². The SMILES string of the molecule is Oc1cc(Cl)c(OCCCOc2cccc(Cl)c2)c(Cl)c1. The van der Waals surface area contributed by atoms with E-state index in [1.807, 2.05) is 12.1 Å². The minimum atomic E-state index is 0.00152. The van der Waals surface area contributed by atoms with Crippen molar-refractivity contribution >= 4 is 34.8 Å². The number of ether oxygens (including phenoxy) is 2. The molecule has 0 amide bonds. The number of hydrogen-bond acceptors (Lipinski definition) is 3. The predicted molar refractivity (Wildman–Crippen MR) is 85.2 cm³/mol. The fraction of sp³-hybridized carbons (Fsp3) is 0.200. The van der Waals surface area contributed by atoms with E-state index in [0.717, 1.165) is 0 Å². The van der Waals surface area contributed by atoms with Gasteiger partial charge in [-0.15, -0.1) is 0 Å². The molecule has 1 N–H and O–H groups in total. The minimum absolute atomic E-state index is 0.00152. The molecule has 0 aromatic heterocycles. The van der Waals surface area contributed by atoms with Crippen LogP contribution >= 0.6 is 34.8 Å². The Kier molecular flexibility index (Phi) is 5.85. The van der Waals surface area contributed by atoms with Crippen molar-refractivity contribution in [3.63, 3.8) is 0 Å². The maximum atomic E-state index is 9.32. The number of rotatable bonds is 6. The highest BCUT2D eigenvalue weighted by Crippen LogP contribution is 2.36. The lowest BCUT2D eigenvalue weighted by Crippen LogP contribution is -2.05. The van der Waals surface area contributed by atoms with E-state index in [1.165, 1.54) is 12.1 Å². The van der Waals surface area contributed by atoms with Crippen molar-refractivity contribution in [2.75, 3.05) is 13.2 Å². The Labute approximate surface area is 138 Å². The van der Waals surface area contributed by atoms with E-state index in [0.29, 0.717) is 36.2 Å². The third-order valence-corrected chi connectivity index (χ3v) is 3.38. The zero-order valence-electron chi connectivity index (χ0n) is 11.0. The van der Waals surface area contributed by atoms with Crippen molar-refractivity contribution in [2.24, 2.45) is 0 Å². The number of halogens is 3. The number of benzene rings is 2. The molecule has 2 aromatic rings. The van der Waals surface area contributed by atoms with Gasteiger partial charge in [0.25, 0.3) is 0 Å². The van der Waals surface area contributed by atoms with E-state index in [2.05, 4.69) is 0 Å². The summed E-state index contributed by atoms with van der Waals surface area (Å²) >= 11 is 17.7. The van der Waals surface area contributed by atoms with Crippen LogP contribution in [0.4, 0.5) is 0 Å². The second-order valence-corrected chi connectivity index (χ2v) is 5.50. The van der Waals surface area contributed by atoms with Crippen molar-refractivity contribution in [1.29, 1.82) is 0 Å². The van der Waals surface area contributed by atoms with Gasteiger partial charge in [-0.25, -0.2) is 0 Å². The molecule has 0 atom stereocenters. The summed E-state index contributed by atoms with van der Waals surface area (Å²) in [4.78, 5) is 0. The first kappa shape index (κ1) is 16.1. The van der Waals surface area contributed by atoms with Crippen LogP contribution in [0.2, 0.25) is 15.1 Å². The summed E-state index contributed by atoms with van der Waals surface area (Å²) < 4.78 is 11.0. The molecule has 0 unspecified atom stereocenters. The van der Waals surface area contributed by atoms with Crippen molar-refractivity contribution < 1.29 is 14.6 Å². The molecule has 112 valence electrons. The highest BCUT2D eigenvalue weighted by atomic mass is 35.5. The first-order valence-electron chi connectivity index (χ1n) is 6.25. The zero-order valence-corrected chi connectivity index (χ0v) is 13.3. The Hall–Kier alpha value is -1.29. The van der Waals surface area contributed by atoms with Gasteiger partial charge in [-0.1, -0.05) is 40.9 Å². The molecule has 0 aliphatic heterocycles. The van der Waals surface area contributed by atoms with Gasteiger partial charge in [0.15, 0.2) is 5.75 Å². The van der Waals surface area contributed by atoms with Gasteiger partial charge in [0, 0.05) is 23.6 Å². The number of phenols is 1. The third-order valence-electron chi connectivity index (χ3n) is 2.58. The summed E-state index contributed by atoms with van der Waals surface area (Å²) in [5.41, 5.74) is 0. The number of hydrogen-bond donors (Lipinski definition) is 1. The van der Waals surface area contributed by atoms with Crippen LogP contribution in [0.5, 0.6) is 17.2 Å². The summed E-state index contributed by atoms with van der Waals surface area (Å²) in [7, 11) is 0. The normalized spacial score (nSPS) is 10.4. The molecule has 3 nitrogen and oxygen atoms in total. The van der Waals surface area contributed by atoms with Crippen LogP contribution in [-0.4, -0.2) is 18.3 Å². The van der Waals surface area contributed by atoms with Crippen molar-refractivity contribution in [2.45, 2.75) is 6.42 Å². The van der Waals surface area contributed by atoms with Gasteiger partial charge in [-0.2, -0.15) is 0 Å². The lowest BCUT2D eigenvalue weighted by molar-refractivity contribution is 0.247. The quantitative estimate of drug-likeness (QED) is 0.730. The maximum absolute atomic E-state index is 9.32. The molecule has 0 spiro atoms. The van der Waals surface area contributed by atoms with E-state index in [4.69, 9.17) is 44.3 Å². The van der Waals surface area contributed by atoms with E-state index < -0.39 is 0 Å². The molecule has 21 heavy (non-hydrogen) atoms. The van der Waals surface area contributed by atoms with Gasteiger partial charge in [0.2, 0.25) is 0 Å². The van der Waals surface area contributed by atoms with Crippen LogP contribution in [0.25, 0.3) is 0 Å². The van der Waals surface area contributed by atoms with Crippen LogP contribution in [0.1, 0.15) is 6.42 Å². The Morgan fingerprint density at radius 3 is 2.24 bits per heavy atom. The fourth-order valence-electron chi connectivity index (χ4n) is 1.66. The van der Waals surface area contributed by atoms with Crippen LogP contribution in [0, 0.1) is 0 Å². The number of phenolic OH excluding ortho intramolecular Hbond substituents is 1. The standard InChI is InChI=1S/C15H13Cl3O3/c16-10-3-1-4-12(7-10)20-5-2-6-21-15-13(17)8-11(19)9-14(15)18/h1,3-4,7-9,19H,2,5-6H2. The summed E-state index contributed by atoms with van der Waals surface area (Å²) in [6.45, 7) is 0.873. The molecular formula is C15H13Cl3O3. The van der Waals surface area contributed by atoms with Gasteiger partial charge in [0.1, 0.15) is 11.5 Å². The topological polar surface area (TPSA) is 38.7 Å². The Morgan fingerprint density at radius 1 is 0.905 bits per heavy atom. The van der Waals surface area contributed by atoms with Gasteiger partial charge in [0.05, 0.1) is 23.3 Å². The molecule has 0 heterocycles. The van der Waals surface area contributed by atoms with E-state index in [1.54, 1.807) is 12.1 Å². The summed E-state index contributed by atoms with van der Waals surface area (Å²) in [6, 6.07) is 9.95. The zero-order chi connectivity index (χ0) is 15.2. The fourth-order valence-corrected chi connectivity index (χ4v) is 2.43. The Balaban J connectivity index is 1.78. The lowest BCUT2D eigenvalue weighted by Gasteiger charge is -2.11. The van der Waals surface area contributed by atoms with Gasteiger partial charge < -0.3 is 14.6 Å². The van der Waals surface area contributed by atoms with Crippen LogP contribution in [0.15, 0.2) is 36.4 Å². The maximum Gasteiger partial charge on any atom is 0.156 e. The summed E-state index contributed by atoms with van der Waals surface area (Å²) in [5, 5.41) is 10.5. The first-order chi connectivity index (χ1) is 10.1. The first-order valence-corrected chi connectivity index (χ1v) is 7.39. The molecule has 0 bridgehead atoms. The Bertz CT molecular complexity index is 594. The molecule has 2 aromatic carbocycles. The lowest BCUT2D eigenvalue weighted by atomic mass is 10.3. The summed E-state index contributed by atoms with van der Waals surface area (Å²) in [5.74, 6) is 1.07. The van der Waals surface area contributed by atoms with Gasteiger partial charge in [-0.3, -0.25) is 0 Å². The average Bonchev–Trinajstić information content (AvgIpc) is 2.41. The molecular weight excluding hydrogens is 335 g/mol. The molecule has 0 aliphatic rings. The highest BCUT2D eigenvalue weighted by molar-refractivity contribution is 6.37. The second kappa shape index (κ2) is 7.64. The van der Waals surface area contributed by atoms with Crippen LogP contribution < -0.4 is 9.47 Å². The van der Waals surface area contributed by atoms with Crippen molar-refractivity contribution in [1.82, 2.24) is 0 Å². The largest absolute Gasteiger partial charge is 0.508 e. The molecule has 0 radical (unpaired) electrons.